The maximum atomic E-state index is 14.2. The van der Waals surface area contributed by atoms with Gasteiger partial charge in [0.15, 0.2) is 11.4 Å². The number of fused-ring (bicyclic) bond motifs is 2. The zero-order valence-corrected chi connectivity index (χ0v) is 28.6. The molecule has 3 N–H and O–H groups in total. The van der Waals surface area contributed by atoms with Gasteiger partial charge in [0.2, 0.25) is 15.9 Å². The molecule has 4 fully saturated rings. The summed E-state index contributed by atoms with van der Waals surface area (Å²) in [6.45, 7) is 4.59. The number of anilines is 1. The van der Waals surface area contributed by atoms with Gasteiger partial charge in [-0.2, -0.15) is 4.31 Å². The highest BCUT2D eigenvalue weighted by atomic mass is 32.2. The average Bonchev–Trinajstić information content (AvgIpc) is 3.47. The molecular weight excluding hydrogens is 663 g/mol. The van der Waals surface area contributed by atoms with Crippen LogP contribution in [0.25, 0.3) is 10.2 Å². The van der Waals surface area contributed by atoms with E-state index in [1.54, 1.807) is 12.1 Å². The Kier molecular flexibility index (Phi) is 9.50. The number of amides is 1. The van der Waals surface area contributed by atoms with Gasteiger partial charge in [-0.05, 0) is 85.3 Å². The molecule has 7 atom stereocenters. The average molecular weight is 705 g/mol. The molecule has 2 aromatic carbocycles. The Hall–Kier alpha value is -2.75. The predicted octanol–water partition coefficient (Wildman–Crippen LogP) is 4.53. The molecule has 48 heavy (non-hydrogen) atoms. The van der Waals surface area contributed by atoms with Crippen molar-refractivity contribution in [2.75, 3.05) is 31.6 Å². The van der Waals surface area contributed by atoms with Crippen molar-refractivity contribution in [3.63, 3.8) is 0 Å². The number of nitrogens with one attached hydrogen (secondary N) is 2. The molecule has 1 aromatic heterocycles. The maximum absolute atomic E-state index is 14.2. The second-order valence-corrected chi connectivity index (χ2v) is 17.2. The fourth-order valence-corrected chi connectivity index (χ4v) is 10.3. The van der Waals surface area contributed by atoms with Crippen molar-refractivity contribution in [2.45, 2.75) is 75.3 Å². The second-order valence-electron chi connectivity index (χ2n) is 14.2. The van der Waals surface area contributed by atoms with Crippen LogP contribution in [0.3, 0.4) is 0 Å². The van der Waals surface area contributed by atoms with Crippen LogP contribution in [0.4, 0.5) is 13.9 Å². The molecule has 2 bridgehead atoms. The number of carbonyl (C=O) groups excluding carboxylic acids is 1. The summed E-state index contributed by atoms with van der Waals surface area (Å²) in [5.41, 5.74) is 0.929. The van der Waals surface area contributed by atoms with Gasteiger partial charge in [0.05, 0.1) is 40.5 Å². The van der Waals surface area contributed by atoms with Crippen molar-refractivity contribution >= 4 is 42.6 Å². The largest absolute Gasteiger partial charge is 0.390 e. The zero-order valence-electron chi connectivity index (χ0n) is 27.0. The summed E-state index contributed by atoms with van der Waals surface area (Å²) in [7, 11) is -4.10. The standard InChI is InChI=1S/C34H42F2N4O6S2/c1-18(2)14-40(48(43,44)24-5-6-28-31(12-24)47-34(39-28)37-23-3-4-23)15-30(41)29(9-19-7-21(35)11-22(36)8-19)38-32(42)13-25-20-10-26-27(25)17-46-33(26)45-16-20/h5-8,11-12,18,20,23,25-27,29-30,33,41H,3-4,9-10,13-17H2,1-2H3,(H,37,39)(H,38,42)/t20?,25-,26?,27-,29?,30?,33-/m0/s1. The molecule has 10 nitrogen and oxygen atoms in total. The molecule has 3 heterocycles. The van der Waals surface area contributed by atoms with Gasteiger partial charge in [-0.15, -0.1) is 0 Å². The Morgan fingerprint density at radius 1 is 1.08 bits per heavy atom. The van der Waals surface area contributed by atoms with E-state index in [9.17, 15) is 27.1 Å². The van der Waals surface area contributed by atoms with E-state index in [1.165, 1.54) is 21.7 Å². The number of carbonyl (C=O) groups is 1. The SMILES string of the molecule is CC(C)CN(CC(O)C(Cc1cc(F)cc(F)c1)NC(=O)C[C@H]1C2CO[C@H]3OC[C@@H]1C3C2)S(=O)(=O)c1ccc2nc(NC3CC3)sc2c1. The number of benzene rings is 2. The molecule has 1 amide bonds. The lowest BCUT2D eigenvalue weighted by Crippen LogP contribution is -2.51. The first-order valence-corrected chi connectivity index (χ1v) is 19.0. The topological polar surface area (TPSA) is 130 Å². The minimum Gasteiger partial charge on any atom is -0.390 e. The van der Waals surface area contributed by atoms with Gasteiger partial charge in [0, 0.05) is 37.5 Å². The van der Waals surface area contributed by atoms with Crippen LogP contribution in [0.1, 0.15) is 45.1 Å². The molecule has 0 radical (unpaired) electrons. The third-order valence-corrected chi connectivity index (χ3v) is 12.8. The van der Waals surface area contributed by atoms with Gasteiger partial charge in [-0.1, -0.05) is 25.2 Å². The van der Waals surface area contributed by atoms with E-state index in [4.69, 9.17) is 9.47 Å². The van der Waals surface area contributed by atoms with Crippen molar-refractivity contribution in [2.24, 2.45) is 29.6 Å². The fraction of sp³-hybridized carbons (Fsp3) is 0.588. The van der Waals surface area contributed by atoms with Crippen LogP contribution in [-0.2, 0) is 30.7 Å². The quantitative estimate of drug-likeness (QED) is 0.223. The summed E-state index contributed by atoms with van der Waals surface area (Å²) in [5, 5.41) is 18.7. The van der Waals surface area contributed by atoms with Crippen molar-refractivity contribution in [1.82, 2.24) is 14.6 Å². The van der Waals surface area contributed by atoms with Crippen LogP contribution >= 0.6 is 11.3 Å². The summed E-state index contributed by atoms with van der Waals surface area (Å²) in [6, 6.07) is 7.26. The molecule has 2 aliphatic carbocycles. The Bertz CT molecular complexity index is 1750. The number of thiazole rings is 1. The summed E-state index contributed by atoms with van der Waals surface area (Å²) < 4.78 is 70.2. The summed E-state index contributed by atoms with van der Waals surface area (Å²) in [6.07, 6.45) is 1.59. The molecule has 3 aromatic rings. The predicted molar refractivity (Wildman–Crippen MR) is 177 cm³/mol. The first kappa shape index (κ1) is 33.7. The van der Waals surface area contributed by atoms with Crippen molar-refractivity contribution in [3.05, 3.63) is 53.6 Å². The molecule has 2 saturated heterocycles. The van der Waals surface area contributed by atoms with Gasteiger partial charge in [-0.25, -0.2) is 22.2 Å². The summed E-state index contributed by atoms with van der Waals surface area (Å²) >= 11 is 1.39. The minimum absolute atomic E-state index is 0.0476. The molecule has 2 saturated carbocycles. The van der Waals surface area contributed by atoms with E-state index in [1.807, 2.05) is 13.8 Å². The Morgan fingerprint density at radius 3 is 2.56 bits per heavy atom. The third kappa shape index (κ3) is 7.24. The first-order chi connectivity index (χ1) is 22.9. The second kappa shape index (κ2) is 13.5. The number of ether oxygens (including phenoxy) is 2. The number of hydrogen-bond donors (Lipinski definition) is 3. The fourth-order valence-electron chi connectivity index (χ4n) is 7.59. The first-order valence-electron chi connectivity index (χ1n) is 16.8. The smallest absolute Gasteiger partial charge is 0.243 e. The summed E-state index contributed by atoms with van der Waals surface area (Å²) in [4.78, 5) is 18.2. The third-order valence-electron chi connectivity index (χ3n) is 10.0. The lowest BCUT2D eigenvalue weighted by Gasteiger charge is -2.31. The Morgan fingerprint density at radius 2 is 1.83 bits per heavy atom. The number of hydrogen-bond acceptors (Lipinski definition) is 9. The van der Waals surface area contributed by atoms with Crippen LogP contribution < -0.4 is 10.6 Å². The maximum Gasteiger partial charge on any atom is 0.243 e. The Labute approximate surface area is 283 Å². The molecule has 0 spiro atoms. The van der Waals surface area contributed by atoms with Crippen LogP contribution in [0.15, 0.2) is 41.3 Å². The van der Waals surface area contributed by atoms with Gasteiger partial charge in [-0.3, -0.25) is 4.79 Å². The molecular formula is C34H42F2N4O6S2. The lowest BCUT2D eigenvalue weighted by atomic mass is 9.86. The van der Waals surface area contributed by atoms with Crippen molar-refractivity contribution in [3.8, 4) is 0 Å². The zero-order chi connectivity index (χ0) is 33.7. The van der Waals surface area contributed by atoms with E-state index < -0.39 is 33.8 Å². The number of aromatic nitrogens is 1. The number of nitrogens with zero attached hydrogens (tertiary/aromatic N) is 2. The number of halogens is 2. The molecule has 260 valence electrons. The van der Waals surface area contributed by atoms with Crippen molar-refractivity contribution in [1.29, 1.82) is 0 Å². The van der Waals surface area contributed by atoms with E-state index >= 15 is 0 Å². The molecule has 14 heteroatoms. The highest BCUT2D eigenvalue weighted by Gasteiger charge is 2.54. The van der Waals surface area contributed by atoms with Crippen LogP contribution in [0, 0.1) is 41.2 Å². The van der Waals surface area contributed by atoms with Gasteiger partial charge < -0.3 is 25.2 Å². The van der Waals surface area contributed by atoms with E-state index in [-0.39, 0.29) is 78.2 Å². The van der Waals surface area contributed by atoms with E-state index in [0.29, 0.717) is 24.8 Å². The number of sulfonamides is 1. The van der Waals surface area contributed by atoms with Gasteiger partial charge >= 0.3 is 0 Å². The number of aliphatic hydroxyl groups is 1. The normalized spacial score (nSPS) is 26.4. The summed E-state index contributed by atoms with van der Waals surface area (Å²) in [5.74, 6) is -1.22. The minimum atomic E-state index is -4.10. The Balaban J connectivity index is 1.11. The van der Waals surface area contributed by atoms with Crippen LogP contribution in [0.2, 0.25) is 0 Å². The van der Waals surface area contributed by atoms with Crippen molar-refractivity contribution < 1.29 is 36.6 Å². The van der Waals surface area contributed by atoms with E-state index in [2.05, 4.69) is 15.6 Å². The highest BCUT2D eigenvalue weighted by molar-refractivity contribution is 7.89. The van der Waals surface area contributed by atoms with E-state index in [0.717, 1.165) is 47.3 Å². The molecule has 4 aliphatic rings. The van der Waals surface area contributed by atoms with Gasteiger partial charge in [0.25, 0.3) is 0 Å². The lowest BCUT2D eigenvalue weighted by molar-refractivity contribution is -0.165. The van der Waals surface area contributed by atoms with Crippen LogP contribution in [0.5, 0.6) is 0 Å². The molecule has 4 unspecified atom stereocenters. The number of aliphatic hydroxyl groups excluding tert-OH is 1. The van der Waals surface area contributed by atoms with Crippen LogP contribution in [-0.4, -0.2) is 79.5 Å². The van der Waals surface area contributed by atoms with Gasteiger partial charge in [0.1, 0.15) is 11.6 Å². The molecule has 7 rings (SSSR count). The monoisotopic (exact) mass is 704 g/mol. The number of rotatable bonds is 14. The highest BCUT2D eigenvalue weighted by Crippen LogP contribution is 2.52. The molecule has 2 aliphatic heterocycles.